The molecule has 1 fully saturated rings. The molecule has 2 aliphatic heterocycles. The van der Waals surface area contributed by atoms with Crippen molar-refractivity contribution in [3.63, 3.8) is 0 Å². The molecule has 2 aromatic carbocycles. The normalized spacial score (nSPS) is 15.3. The van der Waals surface area contributed by atoms with Gasteiger partial charge in [-0.25, -0.2) is 0 Å². The number of hydrogen-bond donors (Lipinski definition) is 1. The number of aromatic nitrogens is 1. The number of carbonyl (C=O) groups is 1. The highest BCUT2D eigenvalue weighted by Crippen LogP contribution is 2.20. The van der Waals surface area contributed by atoms with Gasteiger partial charge in [-0.2, -0.15) is 0 Å². The fourth-order valence-corrected chi connectivity index (χ4v) is 4.49. The summed E-state index contributed by atoms with van der Waals surface area (Å²) in [5.74, 6) is 6.26. The lowest BCUT2D eigenvalue weighted by atomic mass is 10.0. The largest absolute Gasteiger partial charge is 0.322 e. The Balaban J connectivity index is 1.27. The number of hydrogen-bond acceptors (Lipinski definition) is 5. The maximum absolute atomic E-state index is 13.0. The summed E-state index contributed by atoms with van der Waals surface area (Å²) in [4.78, 5) is 26.6. The van der Waals surface area contributed by atoms with Crippen LogP contribution in [-0.2, 0) is 13.1 Å². The van der Waals surface area contributed by atoms with E-state index in [9.17, 15) is 4.79 Å². The summed E-state index contributed by atoms with van der Waals surface area (Å²) in [6.07, 6.45) is 3.62. The van der Waals surface area contributed by atoms with E-state index in [4.69, 9.17) is 0 Å². The molecule has 0 unspecified atom stereocenters. The molecule has 3 heterocycles. The highest BCUT2D eigenvalue weighted by atomic mass is 16.1. The lowest BCUT2D eigenvalue weighted by Gasteiger charge is -2.32. The average Bonchev–Trinajstić information content (AvgIpc) is 3.34. The van der Waals surface area contributed by atoms with Gasteiger partial charge in [-0.3, -0.25) is 19.7 Å². The molecule has 0 saturated carbocycles. The molecule has 3 aromatic rings. The SMILES string of the molecule is Cc1ccc(C(=O)Nc2ccc(CN3CCN(C)CC3)c(C)c2)cc1C#Cc1cnc2c(c1)C=NC2. The van der Waals surface area contributed by atoms with Gasteiger partial charge < -0.3 is 10.2 Å². The monoisotopic (exact) mass is 477 g/mol. The molecule has 1 aromatic heterocycles. The summed E-state index contributed by atoms with van der Waals surface area (Å²) in [5, 5.41) is 3.05. The number of aryl methyl sites for hydroxylation is 2. The molecule has 0 spiro atoms. The number of amides is 1. The van der Waals surface area contributed by atoms with Crippen molar-refractivity contribution in [2.24, 2.45) is 4.99 Å². The van der Waals surface area contributed by atoms with Crippen molar-refractivity contribution >= 4 is 17.8 Å². The molecule has 182 valence electrons. The van der Waals surface area contributed by atoms with E-state index >= 15 is 0 Å². The van der Waals surface area contributed by atoms with Gasteiger partial charge in [0.25, 0.3) is 5.91 Å². The number of carbonyl (C=O) groups excluding carboxylic acids is 1. The number of fused-ring (bicyclic) bond motifs is 1. The van der Waals surface area contributed by atoms with E-state index in [-0.39, 0.29) is 5.91 Å². The van der Waals surface area contributed by atoms with E-state index in [1.807, 2.05) is 43.5 Å². The second kappa shape index (κ2) is 10.4. The second-order valence-electron chi connectivity index (χ2n) is 9.68. The summed E-state index contributed by atoms with van der Waals surface area (Å²) >= 11 is 0. The number of nitrogens with zero attached hydrogens (tertiary/aromatic N) is 4. The van der Waals surface area contributed by atoms with Crippen LogP contribution in [0, 0.1) is 25.7 Å². The molecule has 36 heavy (non-hydrogen) atoms. The van der Waals surface area contributed by atoms with Gasteiger partial charge in [-0.05, 0) is 67.9 Å². The van der Waals surface area contributed by atoms with Gasteiger partial charge in [-0.15, -0.1) is 0 Å². The van der Waals surface area contributed by atoms with Crippen LogP contribution in [0.4, 0.5) is 5.69 Å². The van der Waals surface area contributed by atoms with Crippen LogP contribution in [0.5, 0.6) is 0 Å². The molecule has 6 nitrogen and oxygen atoms in total. The fraction of sp³-hybridized carbons (Fsp3) is 0.300. The maximum Gasteiger partial charge on any atom is 0.255 e. The van der Waals surface area contributed by atoms with Gasteiger partial charge in [0.2, 0.25) is 0 Å². The van der Waals surface area contributed by atoms with E-state index in [0.717, 1.165) is 66.4 Å². The number of pyridine rings is 1. The predicted octanol–water partition coefficient (Wildman–Crippen LogP) is 4.03. The number of nitrogens with one attached hydrogen (secondary N) is 1. The zero-order valence-corrected chi connectivity index (χ0v) is 21.1. The third kappa shape index (κ3) is 5.54. The lowest BCUT2D eigenvalue weighted by Crippen LogP contribution is -2.43. The van der Waals surface area contributed by atoms with E-state index in [1.165, 1.54) is 11.1 Å². The van der Waals surface area contributed by atoms with Crippen molar-refractivity contribution in [1.29, 1.82) is 0 Å². The van der Waals surface area contributed by atoms with Crippen LogP contribution in [0.25, 0.3) is 0 Å². The van der Waals surface area contributed by atoms with Crippen molar-refractivity contribution in [2.45, 2.75) is 26.9 Å². The van der Waals surface area contributed by atoms with Crippen LogP contribution in [-0.4, -0.2) is 60.1 Å². The molecular weight excluding hydrogens is 446 g/mol. The molecule has 1 saturated heterocycles. The lowest BCUT2D eigenvalue weighted by molar-refractivity contribution is 0.102. The molecule has 0 bridgehead atoms. The molecule has 2 aliphatic rings. The second-order valence-corrected chi connectivity index (χ2v) is 9.68. The Morgan fingerprint density at radius 3 is 2.64 bits per heavy atom. The van der Waals surface area contributed by atoms with Crippen LogP contribution < -0.4 is 5.32 Å². The minimum Gasteiger partial charge on any atom is -0.322 e. The third-order valence-electron chi connectivity index (χ3n) is 6.91. The zero-order valence-electron chi connectivity index (χ0n) is 21.1. The van der Waals surface area contributed by atoms with Crippen LogP contribution >= 0.6 is 0 Å². The Hall–Kier alpha value is -3.79. The Morgan fingerprint density at radius 2 is 1.83 bits per heavy atom. The Labute approximate surface area is 213 Å². The van der Waals surface area contributed by atoms with Crippen molar-refractivity contribution in [3.05, 3.63) is 93.3 Å². The first-order valence-electron chi connectivity index (χ1n) is 12.4. The van der Waals surface area contributed by atoms with Gasteiger partial charge >= 0.3 is 0 Å². The Kier molecular flexibility index (Phi) is 6.95. The predicted molar refractivity (Wildman–Crippen MR) is 145 cm³/mol. The van der Waals surface area contributed by atoms with E-state index in [0.29, 0.717) is 12.1 Å². The van der Waals surface area contributed by atoms with Crippen LogP contribution in [0.3, 0.4) is 0 Å². The molecule has 0 radical (unpaired) electrons. The van der Waals surface area contributed by atoms with Crippen molar-refractivity contribution < 1.29 is 4.79 Å². The summed E-state index contributed by atoms with van der Waals surface area (Å²) < 4.78 is 0. The quantitative estimate of drug-likeness (QED) is 0.577. The number of piperazine rings is 1. The van der Waals surface area contributed by atoms with E-state index < -0.39 is 0 Å². The van der Waals surface area contributed by atoms with Crippen LogP contribution in [0.1, 0.15) is 49.4 Å². The van der Waals surface area contributed by atoms with Crippen molar-refractivity contribution in [3.8, 4) is 11.8 Å². The summed E-state index contributed by atoms with van der Waals surface area (Å²) in [5.41, 5.74) is 8.59. The molecule has 0 aliphatic carbocycles. The third-order valence-corrected chi connectivity index (χ3v) is 6.91. The molecular formula is C30H31N5O. The van der Waals surface area contributed by atoms with Gasteiger partial charge in [0, 0.05) is 73.1 Å². The number of likely N-dealkylation sites (N-methyl/N-ethyl adjacent to an activating group) is 1. The van der Waals surface area contributed by atoms with Gasteiger partial charge in [0.05, 0.1) is 12.2 Å². The first-order chi connectivity index (χ1) is 17.4. The van der Waals surface area contributed by atoms with E-state index in [1.54, 1.807) is 6.20 Å². The van der Waals surface area contributed by atoms with Crippen LogP contribution in [0.15, 0.2) is 53.7 Å². The summed E-state index contributed by atoms with van der Waals surface area (Å²) in [7, 11) is 2.17. The smallest absolute Gasteiger partial charge is 0.255 e. The zero-order chi connectivity index (χ0) is 25.1. The first kappa shape index (κ1) is 23.9. The number of anilines is 1. The first-order valence-corrected chi connectivity index (χ1v) is 12.4. The minimum absolute atomic E-state index is 0.139. The minimum atomic E-state index is -0.139. The topological polar surface area (TPSA) is 60.8 Å². The van der Waals surface area contributed by atoms with Crippen LogP contribution in [0.2, 0.25) is 0 Å². The number of benzene rings is 2. The van der Waals surface area contributed by atoms with Crippen molar-refractivity contribution in [1.82, 2.24) is 14.8 Å². The Bertz CT molecular complexity index is 1390. The highest BCUT2D eigenvalue weighted by molar-refractivity contribution is 6.04. The van der Waals surface area contributed by atoms with Gasteiger partial charge in [0.1, 0.15) is 0 Å². The fourth-order valence-electron chi connectivity index (χ4n) is 4.49. The molecule has 5 rings (SSSR count). The standard InChI is InChI=1S/C30H31N5O/c1-21-4-6-25(16-24(21)7-5-23-15-27-18-31-19-29(27)32-17-23)30(36)33-28-9-8-26(22(2)14-28)20-35-12-10-34(3)11-13-35/h4,6,8-9,14-18H,10-13,19-20H2,1-3H3,(H,33,36). The van der Waals surface area contributed by atoms with Gasteiger partial charge in [0.15, 0.2) is 0 Å². The van der Waals surface area contributed by atoms with Gasteiger partial charge in [-0.1, -0.05) is 24.0 Å². The Morgan fingerprint density at radius 1 is 1.00 bits per heavy atom. The molecule has 1 N–H and O–H groups in total. The highest BCUT2D eigenvalue weighted by Gasteiger charge is 2.15. The summed E-state index contributed by atoms with van der Waals surface area (Å²) in [6, 6.07) is 13.8. The van der Waals surface area contributed by atoms with Crippen molar-refractivity contribution in [2.75, 3.05) is 38.5 Å². The average molecular weight is 478 g/mol. The summed E-state index contributed by atoms with van der Waals surface area (Å²) in [6.45, 7) is 10.1. The molecule has 1 amide bonds. The molecule has 0 atom stereocenters. The van der Waals surface area contributed by atoms with E-state index in [2.05, 4.69) is 63.0 Å². The molecule has 6 heteroatoms. The maximum atomic E-state index is 13.0. The number of aliphatic imine (C=N–C) groups is 1. The number of rotatable bonds is 4.